The number of hydrogen-bond acceptors (Lipinski definition) is 4. The van der Waals surface area contributed by atoms with Crippen molar-refractivity contribution in [2.24, 2.45) is 11.1 Å². The molecule has 1 fully saturated rings. The molecule has 1 aliphatic heterocycles. The van der Waals surface area contributed by atoms with Crippen LogP contribution in [0.5, 0.6) is 5.75 Å². The van der Waals surface area contributed by atoms with Crippen molar-refractivity contribution in [2.75, 3.05) is 13.2 Å². The molecule has 0 spiro atoms. The van der Waals surface area contributed by atoms with Crippen LogP contribution in [0.4, 0.5) is 13.2 Å². The molecule has 4 nitrogen and oxygen atoms in total. The number of rotatable bonds is 4. The van der Waals surface area contributed by atoms with E-state index in [4.69, 9.17) is 9.94 Å². The first-order chi connectivity index (χ1) is 8.98. The number of halogens is 3. The van der Waals surface area contributed by atoms with Crippen LogP contribution < -0.4 is 4.74 Å². The predicted octanol–water partition coefficient (Wildman–Crippen LogP) is 2.80. The smallest absolute Gasteiger partial charge is 0.411 e. The Balaban J connectivity index is 2.03. The van der Waals surface area contributed by atoms with Gasteiger partial charge in [0.1, 0.15) is 5.75 Å². The van der Waals surface area contributed by atoms with E-state index >= 15 is 0 Å². The summed E-state index contributed by atoms with van der Waals surface area (Å²) < 4.78 is 44.7. The van der Waals surface area contributed by atoms with Crippen molar-refractivity contribution >= 4 is 5.71 Å². The summed E-state index contributed by atoms with van der Waals surface area (Å²) in [6.07, 6.45) is -4.19. The molecule has 104 valence electrons. The summed E-state index contributed by atoms with van der Waals surface area (Å²) in [5.41, 5.74) is 0.982. The number of ether oxygens (including phenoxy) is 2. The highest BCUT2D eigenvalue weighted by Crippen LogP contribution is 2.24. The first kappa shape index (κ1) is 13.7. The Morgan fingerprint density at radius 1 is 1.32 bits per heavy atom. The zero-order chi connectivity index (χ0) is 13.9. The molecule has 0 amide bonds. The molecule has 1 N–H and O–H groups in total. The van der Waals surface area contributed by atoms with E-state index in [2.05, 4.69) is 9.89 Å². The molecule has 0 atom stereocenters. The van der Waals surface area contributed by atoms with Crippen LogP contribution in [0.15, 0.2) is 29.4 Å². The van der Waals surface area contributed by atoms with Crippen LogP contribution in [0, 0.1) is 5.92 Å². The maximum absolute atomic E-state index is 12.0. The number of hydrogen-bond donors (Lipinski definition) is 1. The van der Waals surface area contributed by atoms with Crippen LogP contribution in [0.3, 0.4) is 0 Å². The van der Waals surface area contributed by atoms with Crippen molar-refractivity contribution in [3.8, 4) is 5.75 Å². The van der Waals surface area contributed by atoms with Crippen LogP contribution in [0.1, 0.15) is 12.0 Å². The van der Waals surface area contributed by atoms with Crippen molar-refractivity contribution < 1.29 is 27.9 Å². The standard InChI is InChI=1S/C12H12F3NO3/c13-12(14,15)19-10-3-1-9(2-4-10)11(16-17)5-8-6-18-7-8/h1-4,8,17H,5-7H2/b16-11+. The first-order valence-corrected chi connectivity index (χ1v) is 5.63. The van der Waals surface area contributed by atoms with Gasteiger partial charge in [-0.3, -0.25) is 0 Å². The fraction of sp³-hybridized carbons (Fsp3) is 0.417. The van der Waals surface area contributed by atoms with Gasteiger partial charge in [-0.05, 0) is 29.8 Å². The van der Waals surface area contributed by atoms with E-state index in [1.165, 1.54) is 24.3 Å². The number of nitrogens with zero attached hydrogens (tertiary/aromatic N) is 1. The Labute approximate surface area is 107 Å². The van der Waals surface area contributed by atoms with Crippen LogP contribution in [0.25, 0.3) is 0 Å². The second kappa shape index (κ2) is 5.48. The van der Waals surface area contributed by atoms with Gasteiger partial charge in [-0.15, -0.1) is 13.2 Å². The van der Waals surface area contributed by atoms with Gasteiger partial charge in [-0.2, -0.15) is 0 Å². The highest BCUT2D eigenvalue weighted by atomic mass is 19.4. The Hall–Kier alpha value is -1.76. The van der Waals surface area contributed by atoms with E-state index in [-0.39, 0.29) is 11.7 Å². The van der Waals surface area contributed by atoms with Crippen molar-refractivity contribution in [3.63, 3.8) is 0 Å². The number of oxime groups is 1. The van der Waals surface area contributed by atoms with Gasteiger partial charge >= 0.3 is 6.36 Å². The minimum atomic E-state index is -4.71. The van der Waals surface area contributed by atoms with Crippen LogP contribution >= 0.6 is 0 Å². The molecular formula is C12H12F3NO3. The molecule has 0 aliphatic carbocycles. The van der Waals surface area contributed by atoms with E-state index in [0.29, 0.717) is 30.9 Å². The molecule has 19 heavy (non-hydrogen) atoms. The topological polar surface area (TPSA) is 51.1 Å². The highest BCUT2D eigenvalue weighted by Gasteiger charge is 2.31. The van der Waals surface area contributed by atoms with Crippen LogP contribution in [-0.2, 0) is 4.74 Å². The Morgan fingerprint density at radius 3 is 2.37 bits per heavy atom. The fourth-order valence-corrected chi connectivity index (χ4v) is 1.74. The average Bonchev–Trinajstić information content (AvgIpc) is 2.27. The third-order valence-corrected chi connectivity index (χ3v) is 2.73. The number of alkyl halides is 3. The molecule has 0 aromatic heterocycles. The largest absolute Gasteiger partial charge is 0.573 e. The molecule has 1 aromatic rings. The third-order valence-electron chi connectivity index (χ3n) is 2.73. The summed E-state index contributed by atoms with van der Waals surface area (Å²) in [7, 11) is 0. The van der Waals surface area contributed by atoms with Gasteiger partial charge in [-0.25, -0.2) is 0 Å². The summed E-state index contributed by atoms with van der Waals surface area (Å²) in [6, 6.07) is 5.22. The molecule has 1 aliphatic rings. The summed E-state index contributed by atoms with van der Waals surface area (Å²) >= 11 is 0. The summed E-state index contributed by atoms with van der Waals surface area (Å²) in [6.45, 7) is 1.21. The summed E-state index contributed by atoms with van der Waals surface area (Å²) in [5.74, 6) is -0.0162. The fourth-order valence-electron chi connectivity index (χ4n) is 1.74. The minimum Gasteiger partial charge on any atom is -0.411 e. The zero-order valence-electron chi connectivity index (χ0n) is 9.85. The first-order valence-electron chi connectivity index (χ1n) is 5.63. The summed E-state index contributed by atoms with van der Waals surface area (Å²) in [4.78, 5) is 0. The van der Waals surface area contributed by atoms with Crippen LogP contribution in [-0.4, -0.2) is 30.5 Å². The van der Waals surface area contributed by atoms with Gasteiger partial charge in [0.25, 0.3) is 0 Å². The van der Waals surface area contributed by atoms with Crippen molar-refractivity contribution in [1.29, 1.82) is 0 Å². The lowest BCUT2D eigenvalue weighted by molar-refractivity contribution is -0.274. The lowest BCUT2D eigenvalue weighted by Crippen LogP contribution is -2.29. The maximum Gasteiger partial charge on any atom is 0.573 e. The monoisotopic (exact) mass is 275 g/mol. The SMILES string of the molecule is O/N=C(\CC1COC1)c1ccc(OC(F)(F)F)cc1. The second-order valence-corrected chi connectivity index (χ2v) is 4.23. The van der Waals surface area contributed by atoms with E-state index in [0.717, 1.165) is 0 Å². The van der Waals surface area contributed by atoms with Gasteiger partial charge in [-0.1, -0.05) is 5.16 Å². The molecule has 2 rings (SSSR count). The highest BCUT2D eigenvalue weighted by molar-refractivity contribution is 6.00. The average molecular weight is 275 g/mol. The zero-order valence-corrected chi connectivity index (χ0v) is 9.85. The van der Waals surface area contributed by atoms with E-state index in [1.54, 1.807) is 0 Å². The Bertz CT molecular complexity index is 452. The van der Waals surface area contributed by atoms with Gasteiger partial charge in [0.15, 0.2) is 0 Å². The Kier molecular flexibility index (Phi) is 3.94. The number of benzene rings is 1. The minimum absolute atomic E-state index is 0.289. The lowest BCUT2D eigenvalue weighted by atomic mass is 9.96. The van der Waals surface area contributed by atoms with Gasteiger partial charge in [0.05, 0.1) is 18.9 Å². The molecule has 0 unspecified atom stereocenters. The van der Waals surface area contributed by atoms with Crippen LogP contribution in [0.2, 0.25) is 0 Å². The predicted molar refractivity (Wildman–Crippen MR) is 60.4 cm³/mol. The molecule has 0 bridgehead atoms. The van der Waals surface area contributed by atoms with Crippen molar-refractivity contribution in [1.82, 2.24) is 0 Å². The van der Waals surface area contributed by atoms with E-state index in [1.807, 2.05) is 0 Å². The lowest BCUT2D eigenvalue weighted by Gasteiger charge is -2.26. The molecule has 0 saturated carbocycles. The van der Waals surface area contributed by atoms with Gasteiger partial charge in [0, 0.05) is 12.3 Å². The van der Waals surface area contributed by atoms with Gasteiger partial charge < -0.3 is 14.7 Å². The molecular weight excluding hydrogens is 263 g/mol. The molecule has 1 aromatic carbocycles. The molecule has 0 radical (unpaired) electrons. The normalized spacial score (nSPS) is 17.1. The molecule has 1 heterocycles. The van der Waals surface area contributed by atoms with Gasteiger partial charge in [0.2, 0.25) is 0 Å². The van der Waals surface area contributed by atoms with Crippen molar-refractivity contribution in [3.05, 3.63) is 29.8 Å². The second-order valence-electron chi connectivity index (χ2n) is 4.23. The third kappa shape index (κ3) is 3.85. The Morgan fingerprint density at radius 2 is 1.95 bits per heavy atom. The summed E-state index contributed by atoms with van der Waals surface area (Å²) in [5, 5.41) is 12.1. The maximum atomic E-state index is 12.0. The van der Waals surface area contributed by atoms with E-state index in [9.17, 15) is 13.2 Å². The van der Waals surface area contributed by atoms with Crippen molar-refractivity contribution in [2.45, 2.75) is 12.8 Å². The molecule has 1 saturated heterocycles. The van der Waals surface area contributed by atoms with E-state index < -0.39 is 6.36 Å². The quantitative estimate of drug-likeness (QED) is 0.522. The molecule has 7 heteroatoms.